The Morgan fingerprint density at radius 1 is 1.21 bits per heavy atom. The van der Waals surface area contributed by atoms with E-state index in [-0.39, 0.29) is 4.90 Å². The zero-order valence-electron chi connectivity index (χ0n) is 16.0. The highest BCUT2D eigenvalue weighted by molar-refractivity contribution is 9.10. The number of aliphatic hydroxyl groups excluding tert-OH is 1. The molecule has 150 valence electrons. The molecule has 1 N–H and O–H groups in total. The number of fused-ring (bicyclic) bond motifs is 1. The summed E-state index contributed by atoms with van der Waals surface area (Å²) in [6.45, 7) is 0.692. The monoisotopic (exact) mass is 466 g/mol. The third kappa shape index (κ3) is 3.96. The van der Waals surface area contributed by atoms with E-state index in [9.17, 15) is 13.5 Å². The van der Waals surface area contributed by atoms with E-state index in [1.165, 1.54) is 23.3 Å². The second-order valence-corrected chi connectivity index (χ2v) is 9.44. The predicted octanol–water partition coefficient (Wildman–Crippen LogP) is 3.63. The molecular weight excluding hydrogens is 444 g/mol. The Labute approximate surface area is 173 Å². The SMILES string of the molecule is COc1ccc(S(=O)(=O)n2cc(C(O)CCN(C)C)c3ccccc32)c(Br)c1. The minimum atomic E-state index is -3.87. The minimum absolute atomic E-state index is 0.128. The number of ether oxygens (including phenoxy) is 1. The van der Waals surface area contributed by atoms with Crippen LogP contribution in [0.3, 0.4) is 0 Å². The molecular formula is C20H23BrN2O4S. The van der Waals surface area contributed by atoms with Crippen LogP contribution in [0, 0.1) is 0 Å². The molecule has 1 aromatic heterocycles. The summed E-state index contributed by atoms with van der Waals surface area (Å²) in [5.74, 6) is 0.558. The van der Waals surface area contributed by atoms with E-state index in [4.69, 9.17) is 4.74 Å². The van der Waals surface area contributed by atoms with Gasteiger partial charge in [0.25, 0.3) is 10.0 Å². The third-order valence-corrected chi connectivity index (χ3v) is 7.24. The van der Waals surface area contributed by atoms with Crippen LogP contribution < -0.4 is 4.74 Å². The molecule has 0 aliphatic rings. The topological polar surface area (TPSA) is 71.8 Å². The number of hydrogen-bond donors (Lipinski definition) is 1. The summed E-state index contributed by atoms with van der Waals surface area (Å²) in [5, 5.41) is 11.4. The van der Waals surface area contributed by atoms with Crippen LogP contribution in [-0.4, -0.2) is 50.1 Å². The Morgan fingerprint density at radius 2 is 1.93 bits per heavy atom. The van der Waals surface area contributed by atoms with Crippen LogP contribution in [0.2, 0.25) is 0 Å². The quantitative estimate of drug-likeness (QED) is 0.575. The van der Waals surface area contributed by atoms with Gasteiger partial charge in [-0.2, -0.15) is 0 Å². The Kier molecular flexibility index (Phi) is 6.14. The number of halogens is 1. The molecule has 3 aromatic rings. The fraction of sp³-hybridized carbons (Fsp3) is 0.300. The van der Waals surface area contributed by atoms with Gasteiger partial charge in [0.2, 0.25) is 0 Å². The average molecular weight is 467 g/mol. The molecule has 0 aliphatic heterocycles. The van der Waals surface area contributed by atoms with E-state index >= 15 is 0 Å². The molecule has 6 nitrogen and oxygen atoms in total. The Bertz CT molecular complexity index is 1090. The van der Waals surface area contributed by atoms with Gasteiger partial charge in [-0.3, -0.25) is 0 Å². The minimum Gasteiger partial charge on any atom is -0.497 e. The summed E-state index contributed by atoms with van der Waals surface area (Å²) >= 11 is 3.33. The van der Waals surface area contributed by atoms with Crippen molar-refractivity contribution >= 4 is 36.9 Å². The van der Waals surface area contributed by atoms with Crippen molar-refractivity contribution in [1.82, 2.24) is 8.87 Å². The first kappa shape index (κ1) is 20.9. The first-order chi connectivity index (χ1) is 13.3. The number of nitrogens with zero attached hydrogens (tertiary/aromatic N) is 2. The summed E-state index contributed by atoms with van der Waals surface area (Å²) in [7, 11) is 1.52. The van der Waals surface area contributed by atoms with Crippen molar-refractivity contribution in [3.63, 3.8) is 0 Å². The lowest BCUT2D eigenvalue weighted by Crippen LogP contribution is -2.16. The maximum absolute atomic E-state index is 13.4. The van der Waals surface area contributed by atoms with Gasteiger partial charge in [-0.25, -0.2) is 12.4 Å². The van der Waals surface area contributed by atoms with E-state index in [1.807, 2.05) is 31.1 Å². The molecule has 0 aliphatic carbocycles. The van der Waals surface area contributed by atoms with Crippen LogP contribution in [0.4, 0.5) is 0 Å². The molecule has 0 spiro atoms. The van der Waals surface area contributed by atoms with Crippen LogP contribution >= 0.6 is 15.9 Å². The van der Waals surface area contributed by atoms with Gasteiger partial charge in [-0.1, -0.05) is 18.2 Å². The molecule has 28 heavy (non-hydrogen) atoms. The van der Waals surface area contributed by atoms with Crippen molar-refractivity contribution in [3.8, 4) is 5.75 Å². The second kappa shape index (κ2) is 8.24. The number of benzene rings is 2. The van der Waals surface area contributed by atoms with Gasteiger partial charge in [-0.05, 0) is 60.7 Å². The summed E-state index contributed by atoms with van der Waals surface area (Å²) in [5.41, 5.74) is 1.13. The van der Waals surface area contributed by atoms with Gasteiger partial charge < -0.3 is 14.7 Å². The smallest absolute Gasteiger partial charge is 0.269 e. The molecule has 8 heteroatoms. The predicted molar refractivity (Wildman–Crippen MR) is 113 cm³/mol. The highest BCUT2D eigenvalue weighted by Crippen LogP contribution is 2.34. The van der Waals surface area contributed by atoms with Crippen molar-refractivity contribution in [2.45, 2.75) is 17.4 Å². The van der Waals surface area contributed by atoms with Gasteiger partial charge in [0.05, 0.1) is 18.7 Å². The van der Waals surface area contributed by atoms with E-state index in [0.29, 0.717) is 34.3 Å². The Morgan fingerprint density at radius 3 is 2.57 bits per heavy atom. The maximum atomic E-state index is 13.4. The lowest BCUT2D eigenvalue weighted by molar-refractivity contribution is 0.155. The van der Waals surface area contributed by atoms with Crippen molar-refractivity contribution < 1.29 is 18.3 Å². The van der Waals surface area contributed by atoms with Gasteiger partial charge in [0.1, 0.15) is 10.6 Å². The molecule has 3 rings (SSSR count). The highest BCUT2D eigenvalue weighted by Gasteiger charge is 2.25. The maximum Gasteiger partial charge on any atom is 0.269 e. The molecule has 0 radical (unpaired) electrons. The summed E-state index contributed by atoms with van der Waals surface area (Å²) < 4.78 is 33.6. The van der Waals surface area contributed by atoms with Crippen LogP contribution in [0.25, 0.3) is 10.9 Å². The zero-order chi connectivity index (χ0) is 20.5. The lowest BCUT2D eigenvalue weighted by atomic mass is 10.1. The number of aliphatic hydroxyl groups is 1. The second-order valence-electron chi connectivity index (χ2n) is 6.81. The highest BCUT2D eigenvalue weighted by atomic mass is 79.9. The molecule has 0 bridgehead atoms. The first-order valence-corrected chi connectivity index (χ1v) is 11.0. The third-order valence-electron chi connectivity index (χ3n) is 4.59. The number of rotatable bonds is 7. The number of para-hydroxylation sites is 1. The Hall–Kier alpha value is -1.87. The molecule has 1 heterocycles. The summed E-state index contributed by atoms with van der Waals surface area (Å²) in [6, 6.07) is 11.9. The zero-order valence-corrected chi connectivity index (χ0v) is 18.4. The number of methoxy groups -OCH3 is 1. The number of hydrogen-bond acceptors (Lipinski definition) is 5. The normalized spacial score (nSPS) is 13.2. The molecule has 0 amide bonds. The van der Waals surface area contributed by atoms with Gasteiger partial charge in [0.15, 0.2) is 0 Å². The largest absolute Gasteiger partial charge is 0.497 e. The van der Waals surface area contributed by atoms with Crippen molar-refractivity contribution in [1.29, 1.82) is 0 Å². The first-order valence-electron chi connectivity index (χ1n) is 8.77. The summed E-state index contributed by atoms with van der Waals surface area (Å²) in [6.07, 6.45) is 1.27. The standard InChI is InChI=1S/C20H23BrN2O4S/c1-22(2)11-10-19(24)16-13-23(18-7-5-4-6-15(16)18)28(25,26)20-9-8-14(27-3)12-17(20)21/h4-9,12-13,19,24H,10-11H2,1-3H3. The molecule has 0 saturated carbocycles. The fourth-order valence-electron chi connectivity index (χ4n) is 3.10. The molecule has 2 aromatic carbocycles. The van der Waals surface area contributed by atoms with Gasteiger partial charge in [0, 0.05) is 28.2 Å². The van der Waals surface area contributed by atoms with Crippen LogP contribution in [0.5, 0.6) is 5.75 Å². The average Bonchev–Trinajstić information content (AvgIpc) is 3.06. The van der Waals surface area contributed by atoms with E-state index in [2.05, 4.69) is 15.9 Å². The van der Waals surface area contributed by atoms with Crippen molar-refractivity contribution in [2.24, 2.45) is 0 Å². The fourth-order valence-corrected chi connectivity index (χ4v) is 5.50. The van der Waals surface area contributed by atoms with E-state index in [1.54, 1.807) is 24.3 Å². The van der Waals surface area contributed by atoms with Gasteiger partial charge >= 0.3 is 0 Å². The van der Waals surface area contributed by atoms with Crippen molar-refractivity contribution in [3.05, 3.63) is 58.7 Å². The molecule has 1 atom stereocenters. The molecule has 1 unspecified atom stereocenters. The van der Waals surface area contributed by atoms with Crippen LogP contribution in [0.1, 0.15) is 18.1 Å². The number of aromatic nitrogens is 1. The van der Waals surface area contributed by atoms with E-state index in [0.717, 1.165) is 5.39 Å². The van der Waals surface area contributed by atoms with Gasteiger partial charge in [-0.15, -0.1) is 0 Å². The van der Waals surface area contributed by atoms with Crippen LogP contribution in [0.15, 0.2) is 58.0 Å². The van der Waals surface area contributed by atoms with Crippen LogP contribution in [-0.2, 0) is 10.0 Å². The van der Waals surface area contributed by atoms with E-state index < -0.39 is 16.1 Å². The Balaban J connectivity index is 2.13. The lowest BCUT2D eigenvalue weighted by Gasteiger charge is -2.14. The summed E-state index contributed by atoms with van der Waals surface area (Å²) in [4.78, 5) is 2.11. The van der Waals surface area contributed by atoms with Crippen molar-refractivity contribution in [2.75, 3.05) is 27.7 Å². The molecule has 0 fully saturated rings. The molecule has 0 saturated heterocycles.